The largest absolute Gasteiger partial charge is 0.454 e. The number of thiophene rings is 1. The highest BCUT2D eigenvalue weighted by molar-refractivity contribution is 7.21. The first-order valence-electron chi connectivity index (χ1n) is 8.52. The van der Waals surface area contributed by atoms with E-state index in [2.05, 4.69) is 10.6 Å². The summed E-state index contributed by atoms with van der Waals surface area (Å²) in [5.74, 6) is -1.73. The fourth-order valence-electron chi connectivity index (χ4n) is 2.52. The molecule has 2 aromatic carbocycles. The van der Waals surface area contributed by atoms with Gasteiger partial charge >= 0.3 is 5.97 Å². The summed E-state index contributed by atoms with van der Waals surface area (Å²) in [5, 5.41) is 6.70. The Morgan fingerprint density at radius 1 is 1.07 bits per heavy atom. The Morgan fingerprint density at radius 3 is 2.59 bits per heavy atom. The maximum Gasteiger partial charge on any atom is 0.325 e. The average molecular weight is 451 g/mol. The number of amides is 2. The van der Waals surface area contributed by atoms with Gasteiger partial charge in [0.1, 0.15) is 11.4 Å². The van der Waals surface area contributed by atoms with E-state index in [-0.39, 0.29) is 6.54 Å². The normalized spacial score (nSPS) is 10.6. The highest BCUT2D eigenvalue weighted by Crippen LogP contribution is 2.34. The molecule has 29 heavy (non-hydrogen) atoms. The van der Waals surface area contributed by atoms with Crippen LogP contribution in [0, 0.1) is 6.92 Å². The Labute approximate surface area is 180 Å². The highest BCUT2D eigenvalue weighted by Gasteiger charge is 2.18. The van der Waals surface area contributed by atoms with Gasteiger partial charge in [-0.15, -0.1) is 11.3 Å². The number of benzene rings is 2. The standard InChI is InChI=1S/C20H16Cl2N2O4S/c1-11-13(21)6-4-7-14(11)24-16(25)10-28-17(26)9-23-20(27)19-18(22)12-5-2-3-8-15(12)29-19/h2-8H,9-10H2,1H3,(H,23,27)(H,24,25). The monoisotopic (exact) mass is 450 g/mol. The molecule has 0 saturated heterocycles. The fourth-order valence-corrected chi connectivity index (χ4v) is 4.13. The molecular formula is C20H16Cl2N2O4S. The molecule has 2 N–H and O–H groups in total. The number of ether oxygens (including phenoxy) is 1. The maximum absolute atomic E-state index is 12.3. The third-order valence-electron chi connectivity index (χ3n) is 4.04. The van der Waals surface area contributed by atoms with Crippen LogP contribution >= 0.6 is 34.5 Å². The molecule has 0 spiro atoms. The smallest absolute Gasteiger partial charge is 0.325 e. The number of hydrogen-bond donors (Lipinski definition) is 2. The van der Waals surface area contributed by atoms with Crippen LogP contribution in [-0.4, -0.2) is 30.9 Å². The Bertz CT molecular complexity index is 1100. The molecule has 0 aliphatic carbocycles. The number of nitrogens with one attached hydrogen (secondary N) is 2. The van der Waals surface area contributed by atoms with Crippen LogP contribution in [0.25, 0.3) is 10.1 Å². The molecule has 0 fully saturated rings. The van der Waals surface area contributed by atoms with Crippen molar-refractivity contribution in [2.45, 2.75) is 6.92 Å². The van der Waals surface area contributed by atoms with E-state index in [1.165, 1.54) is 11.3 Å². The Balaban J connectivity index is 1.49. The molecule has 0 aliphatic heterocycles. The number of hydrogen-bond acceptors (Lipinski definition) is 5. The molecule has 0 atom stereocenters. The van der Waals surface area contributed by atoms with Gasteiger partial charge in [0.15, 0.2) is 6.61 Å². The van der Waals surface area contributed by atoms with E-state index < -0.39 is 24.4 Å². The van der Waals surface area contributed by atoms with Crippen LogP contribution in [0.4, 0.5) is 5.69 Å². The van der Waals surface area contributed by atoms with Crippen molar-refractivity contribution >= 4 is 68.1 Å². The van der Waals surface area contributed by atoms with Gasteiger partial charge in [0.2, 0.25) is 0 Å². The van der Waals surface area contributed by atoms with Gasteiger partial charge in [0, 0.05) is 20.8 Å². The number of halogens is 2. The lowest BCUT2D eigenvalue weighted by Crippen LogP contribution is -2.32. The van der Waals surface area contributed by atoms with E-state index in [1.807, 2.05) is 24.3 Å². The van der Waals surface area contributed by atoms with Crippen molar-refractivity contribution < 1.29 is 19.1 Å². The molecule has 3 aromatic rings. The van der Waals surface area contributed by atoms with Crippen LogP contribution in [0.1, 0.15) is 15.2 Å². The van der Waals surface area contributed by atoms with Crippen molar-refractivity contribution in [2.24, 2.45) is 0 Å². The van der Waals surface area contributed by atoms with E-state index in [0.29, 0.717) is 26.2 Å². The summed E-state index contributed by atoms with van der Waals surface area (Å²) in [4.78, 5) is 36.4. The van der Waals surface area contributed by atoms with Crippen molar-refractivity contribution in [3.8, 4) is 0 Å². The van der Waals surface area contributed by atoms with Gasteiger partial charge in [-0.3, -0.25) is 14.4 Å². The summed E-state index contributed by atoms with van der Waals surface area (Å²) in [5.41, 5.74) is 1.24. The molecule has 1 aromatic heterocycles. The topological polar surface area (TPSA) is 84.5 Å². The number of anilines is 1. The second-order valence-electron chi connectivity index (χ2n) is 6.05. The van der Waals surface area contributed by atoms with E-state index in [4.69, 9.17) is 27.9 Å². The van der Waals surface area contributed by atoms with Crippen molar-refractivity contribution in [2.75, 3.05) is 18.5 Å². The van der Waals surface area contributed by atoms with Crippen molar-refractivity contribution in [3.63, 3.8) is 0 Å². The summed E-state index contributed by atoms with van der Waals surface area (Å²) >= 11 is 13.5. The van der Waals surface area contributed by atoms with Crippen LogP contribution in [0.5, 0.6) is 0 Å². The van der Waals surface area contributed by atoms with E-state index in [0.717, 1.165) is 10.1 Å². The van der Waals surface area contributed by atoms with Crippen LogP contribution in [0.2, 0.25) is 10.0 Å². The molecule has 3 rings (SSSR count). The molecule has 1 heterocycles. The Kier molecular flexibility index (Phi) is 6.74. The van der Waals surface area contributed by atoms with Crippen LogP contribution < -0.4 is 10.6 Å². The lowest BCUT2D eigenvalue weighted by molar-refractivity contribution is -0.146. The first-order chi connectivity index (χ1) is 13.9. The first-order valence-corrected chi connectivity index (χ1v) is 10.1. The fraction of sp³-hybridized carbons (Fsp3) is 0.150. The lowest BCUT2D eigenvalue weighted by atomic mass is 10.2. The highest BCUT2D eigenvalue weighted by atomic mass is 35.5. The van der Waals surface area contributed by atoms with E-state index >= 15 is 0 Å². The number of carbonyl (C=O) groups is 3. The summed E-state index contributed by atoms with van der Waals surface area (Å²) in [7, 11) is 0. The second kappa shape index (κ2) is 9.26. The molecular weight excluding hydrogens is 435 g/mol. The molecule has 0 radical (unpaired) electrons. The predicted octanol–water partition coefficient (Wildman–Crippen LogP) is 4.43. The minimum absolute atomic E-state index is 0.315. The molecule has 2 amide bonds. The number of esters is 1. The van der Waals surface area contributed by atoms with Gasteiger partial charge in [-0.05, 0) is 30.7 Å². The second-order valence-corrected chi connectivity index (χ2v) is 7.88. The summed E-state index contributed by atoms with van der Waals surface area (Å²) in [6.45, 7) is 0.899. The van der Waals surface area contributed by atoms with Crippen LogP contribution in [0.15, 0.2) is 42.5 Å². The zero-order valence-corrected chi connectivity index (χ0v) is 17.6. The van der Waals surface area contributed by atoms with Gasteiger partial charge in [0.05, 0.1) is 5.02 Å². The number of rotatable bonds is 6. The molecule has 0 bridgehead atoms. The summed E-state index contributed by atoms with van der Waals surface area (Å²) < 4.78 is 5.77. The van der Waals surface area contributed by atoms with Gasteiger partial charge in [-0.25, -0.2) is 0 Å². The van der Waals surface area contributed by atoms with Gasteiger partial charge in [-0.1, -0.05) is 47.5 Å². The van der Waals surface area contributed by atoms with Crippen LogP contribution in [-0.2, 0) is 14.3 Å². The molecule has 0 saturated carbocycles. The zero-order valence-electron chi connectivity index (χ0n) is 15.3. The van der Waals surface area contributed by atoms with Crippen molar-refractivity contribution in [1.82, 2.24) is 5.32 Å². The van der Waals surface area contributed by atoms with Crippen molar-refractivity contribution in [3.05, 3.63) is 63.0 Å². The molecule has 150 valence electrons. The summed E-state index contributed by atoms with van der Waals surface area (Å²) in [6.07, 6.45) is 0. The zero-order chi connectivity index (χ0) is 21.0. The quantitative estimate of drug-likeness (QED) is 0.544. The minimum atomic E-state index is -0.742. The number of fused-ring (bicyclic) bond motifs is 1. The SMILES string of the molecule is Cc1c(Cl)cccc1NC(=O)COC(=O)CNC(=O)c1sc2ccccc2c1Cl. The van der Waals surface area contributed by atoms with Gasteiger partial charge in [0.25, 0.3) is 11.8 Å². The minimum Gasteiger partial charge on any atom is -0.454 e. The summed E-state index contributed by atoms with van der Waals surface area (Å²) in [6, 6.07) is 12.5. The van der Waals surface area contributed by atoms with E-state index in [1.54, 1.807) is 25.1 Å². The Morgan fingerprint density at radius 2 is 1.83 bits per heavy atom. The third kappa shape index (κ3) is 5.06. The predicted molar refractivity (Wildman–Crippen MR) is 115 cm³/mol. The molecule has 6 nitrogen and oxygen atoms in total. The van der Waals surface area contributed by atoms with Crippen molar-refractivity contribution in [1.29, 1.82) is 0 Å². The maximum atomic E-state index is 12.3. The lowest BCUT2D eigenvalue weighted by Gasteiger charge is -2.10. The molecule has 9 heteroatoms. The Hall–Kier alpha value is -2.61. The van der Waals surface area contributed by atoms with Crippen LogP contribution in [0.3, 0.4) is 0 Å². The number of carbonyl (C=O) groups excluding carboxylic acids is 3. The van der Waals surface area contributed by atoms with Gasteiger partial charge in [-0.2, -0.15) is 0 Å². The van der Waals surface area contributed by atoms with E-state index in [9.17, 15) is 14.4 Å². The van der Waals surface area contributed by atoms with Gasteiger partial charge < -0.3 is 15.4 Å². The molecule has 0 aliphatic rings. The molecule has 0 unspecified atom stereocenters. The third-order valence-corrected chi connectivity index (χ3v) is 6.12. The average Bonchev–Trinajstić information content (AvgIpc) is 3.05. The first kappa shape index (κ1) is 21.1.